The molecule has 1 atom stereocenters. The summed E-state index contributed by atoms with van der Waals surface area (Å²) in [5.74, 6) is 2.01. The number of nitrogens with one attached hydrogen (secondary N) is 1. The van der Waals surface area contributed by atoms with Crippen LogP contribution < -0.4 is 10.2 Å². The van der Waals surface area contributed by atoms with Crippen LogP contribution in [0.3, 0.4) is 0 Å². The molecule has 5 rings (SSSR count). The number of fused-ring (bicyclic) bond motifs is 1. The molecule has 8 nitrogen and oxygen atoms in total. The summed E-state index contributed by atoms with van der Waals surface area (Å²) in [6, 6.07) is 21.7. The van der Waals surface area contributed by atoms with E-state index in [4.69, 9.17) is 19.1 Å². The molecule has 1 saturated heterocycles. The molecule has 1 fully saturated rings. The Morgan fingerprint density at radius 2 is 1.79 bits per heavy atom. The molecule has 38 heavy (non-hydrogen) atoms. The van der Waals surface area contributed by atoms with E-state index in [1.807, 2.05) is 73.7 Å². The Bertz CT molecular complexity index is 1310. The summed E-state index contributed by atoms with van der Waals surface area (Å²) in [6.07, 6.45) is 2.95. The van der Waals surface area contributed by atoms with Gasteiger partial charge in [-0.3, -0.25) is 9.69 Å². The van der Waals surface area contributed by atoms with Gasteiger partial charge >= 0.3 is 0 Å². The Morgan fingerprint density at radius 3 is 2.58 bits per heavy atom. The van der Waals surface area contributed by atoms with Crippen molar-refractivity contribution in [1.82, 2.24) is 20.2 Å². The van der Waals surface area contributed by atoms with Gasteiger partial charge in [-0.2, -0.15) is 0 Å². The number of carbonyl (C=O) groups is 1. The van der Waals surface area contributed by atoms with Crippen molar-refractivity contribution in [2.45, 2.75) is 25.8 Å². The monoisotopic (exact) mass is 513 g/mol. The van der Waals surface area contributed by atoms with Gasteiger partial charge in [-0.25, -0.2) is 9.97 Å². The molecule has 0 spiro atoms. The number of hydrogen-bond acceptors (Lipinski definition) is 7. The maximum atomic E-state index is 13.0. The van der Waals surface area contributed by atoms with Crippen LogP contribution in [-0.4, -0.2) is 66.7 Å². The van der Waals surface area contributed by atoms with Gasteiger partial charge in [0, 0.05) is 44.5 Å². The lowest BCUT2D eigenvalue weighted by atomic mass is 10.1. The lowest BCUT2D eigenvalue weighted by Crippen LogP contribution is -2.39. The van der Waals surface area contributed by atoms with Crippen LogP contribution in [0.1, 0.15) is 31.4 Å². The minimum Gasteiger partial charge on any atom is -0.461 e. The highest BCUT2D eigenvalue weighted by molar-refractivity contribution is 5.91. The van der Waals surface area contributed by atoms with Gasteiger partial charge in [0.2, 0.25) is 5.91 Å². The van der Waals surface area contributed by atoms with Crippen molar-refractivity contribution < 1.29 is 13.9 Å². The van der Waals surface area contributed by atoms with Crippen molar-refractivity contribution in [2.75, 3.05) is 50.8 Å². The summed E-state index contributed by atoms with van der Waals surface area (Å²) in [5, 5.41) is 4.11. The zero-order valence-corrected chi connectivity index (χ0v) is 21.9. The van der Waals surface area contributed by atoms with Crippen molar-refractivity contribution >= 4 is 22.6 Å². The molecule has 2 aromatic carbocycles. The van der Waals surface area contributed by atoms with E-state index in [0.29, 0.717) is 24.6 Å². The van der Waals surface area contributed by atoms with Crippen LogP contribution in [0.4, 0.5) is 5.82 Å². The Labute approximate surface area is 223 Å². The third-order valence-corrected chi connectivity index (χ3v) is 6.92. The van der Waals surface area contributed by atoms with Crippen molar-refractivity contribution in [1.29, 1.82) is 0 Å². The zero-order valence-electron chi connectivity index (χ0n) is 21.9. The SMILES string of the molecule is CC(NC(=O)CCN(CCCN1CCOCC1)c1nc(-c2ccco2)nc2ccccc12)c1ccccc1. The van der Waals surface area contributed by atoms with Gasteiger partial charge in [-0.1, -0.05) is 42.5 Å². The molecule has 2 aromatic heterocycles. The number of anilines is 1. The second-order valence-corrected chi connectivity index (χ2v) is 9.61. The number of para-hydroxylation sites is 1. The predicted octanol–water partition coefficient (Wildman–Crippen LogP) is 4.69. The van der Waals surface area contributed by atoms with Crippen LogP contribution in [-0.2, 0) is 9.53 Å². The third-order valence-electron chi connectivity index (χ3n) is 6.92. The molecule has 3 heterocycles. The quantitative estimate of drug-likeness (QED) is 0.312. The van der Waals surface area contributed by atoms with E-state index in [2.05, 4.69) is 15.1 Å². The Kier molecular flexibility index (Phi) is 8.63. The third kappa shape index (κ3) is 6.57. The lowest BCUT2D eigenvalue weighted by Gasteiger charge is -2.29. The second kappa shape index (κ2) is 12.7. The van der Waals surface area contributed by atoms with Gasteiger partial charge < -0.3 is 19.4 Å². The van der Waals surface area contributed by atoms with E-state index in [9.17, 15) is 4.79 Å². The van der Waals surface area contributed by atoms with E-state index in [1.165, 1.54) is 0 Å². The number of morpholine rings is 1. The standard InChI is InChI=1S/C30H35N5O3/c1-23(24-9-3-2-4-10-24)31-28(36)14-17-35(16-8-15-34-18-21-37-22-19-34)30-25-11-5-6-12-26(25)32-29(33-30)27-13-7-20-38-27/h2-7,9-13,20,23H,8,14-19,21-22H2,1H3,(H,31,36). The summed E-state index contributed by atoms with van der Waals surface area (Å²) >= 11 is 0. The largest absolute Gasteiger partial charge is 0.461 e. The van der Waals surface area contributed by atoms with Crippen LogP contribution in [0.5, 0.6) is 0 Å². The van der Waals surface area contributed by atoms with Crippen LogP contribution in [0.25, 0.3) is 22.5 Å². The second-order valence-electron chi connectivity index (χ2n) is 9.61. The Hall–Kier alpha value is -3.75. The lowest BCUT2D eigenvalue weighted by molar-refractivity contribution is -0.121. The van der Waals surface area contributed by atoms with Gasteiger partial charge in [0.05, 0.1) is 31.0 Å². The van der Waals surface area contributed by atoms with Gasteiger partial charge in [0.1, 0.15) is 5.82 Å². The van der Waals surface area contributed by atoms with Gasteiger partial charge in [-0.15, -0.1) is 0 Å². The molecule has 198 valence electrons. The first-order chi connectivity index (χ1) is 18.7. The summed E-state index contributed by atoms with van der Waals surface area (Å²) in [6.45, 7) is 7.80. The summed E-state index contributed by atoms with van der Waals surface area (Å²) < 4.78 is 11.1. The maximum absolute atomic E-state index is 13.0. The van der Waals surface area contributed by atoms with E-state index >= 15 is 0 Å². The molecule has 1 aliphatic rings. The van der Waals surface area contributed by atoms with Crippen molar-refractivity contribution in [3.05, 3.63) is 78.6 Å². The molecule has 1 N–H and O–H groups in total. The number of nitrogens with zero attached hydrogens (tertiary/aromatic N) is 4. The number of amides is 1. The number of rotatable bonds is 11. The molecular weight excluding hydrogens is 478 g/mol. The van der Waals surface area contributed by atoms with Crippen molar-refractivity contribution in [3.63, 3.8) is 0 Å². The number of ether oxygens (including phenoxy) is 1. The zero-order chi connectivity index (χ0) is 26.2. The highest BCUT2D eigenvalue weighted by Gasteiger charge is 2.19. The highest BCUT2D eigenvalue weighted by Crippen LogP contribution is 2.28. The fraction of sp³-hybridized carbons (Fsp3) is 0.367. The molecule has 0 saturated carbocycles. The maximum Gasteiger partial charge on any atom is 0.222 e. The first-order valence-electron chi connectivity index (χ1n) is 13.4. The fourth-order valence-corrected chi connectivity index (χ4v) is 4.83. The average Bonchev–Trinajstić information content (AvgIpc) is 3.51. The van der Waals surface area contributed by atoms with Crippen LogP contribution >= 0.6 is 0 Å². The summed E-state index contributed by atoms with van der Waals surface area (Å²) in [5.41, 5.74) is 1.94. The smallest absolute Gasteiger partial charge is 0.222 e. The highest BCUT2D eigenvalue weighted by atomic mass is 16.5. The molecule has 4 aromatic rings. The summed E-state index contributed by atoms with van der Waals surface area (Å²) in [7, 11) is 0. The Morgan fingerprint density at radius 1 is 1.00 bits per heavy atom. The normalized spacial score (nSPS) is 14.9. The first-order valence-corrected chi connectivity index (χ1v) is 13.4. The molecule has 0 aliphatic carbocycles. The predicted molar refractivity (Wildman–Crippen MR) is 149 cm³/mol. The van der Waals surface area contributed by atoms with Crippen molar-refractivity contribution in [2.24, 2.45) is 0 Å². The topological polar surface area (TPSA) is 83.7 Å². The van der Waals surface area contributed by atoms with Gasteiger partial charge in [-0.05, 0) is 43.2 Å². The molecule has 8 heteroatoms. The van der Waals surface area contributed by atoms with Crippen LogP contribution in [0.2, 0.25) is 0 Å². The molecular formula is C30H35N5O3. The Balaban J connectivity index is 1.35. The molecule has 1 amide bonds. The number of benzene rings is 2. The minimum atomic E-state index is -0.0519. The molecule has 0 radical (unpaired) electrons. The van der Waals surface area contributed by atoms with Gasteiger partial charge in [0.25, 0.3) is 0 Å². The van der Waals surface area contributed by atoms with E-state index < -0.39 is 0 Å². The average molecular weight is 514 g/mol. The number of furan rings is 1. The molecule has 1 unspecified atom stereocenters. The van der Waals surface area contributed by atoms with E-state index in [1.54, 1.807) is 6.26 Å². The van der Waals surface area contributed by atoms with Crippen LogP contribution in [0, 0.1) is 0 Å². The van der Waals surface area contributed by atoms with Crippen molar-refractivity contribution in [3.8, 4) is 11.6 Å². The fourth-order valence-electron chi connectivity index (χ4n) is 4.83. The minimum absolute atomic E-state index is 0.0177. The number of hydrogen-bond donors (Lipinski definition) is 1. The van der Waals surface area contributed by atoms with E-state index in [-0.39, 0.29) is 11.9 Å². The number of carbonyl (C=O) groups excluding carboxylic acids is 1. The first kappa shape index (κ1) is 25.9. The van der Waals surface area contributed by atoms with E-state index in [0.717, 1.165) is 68.1 Å². The number of aromatic nitrogens is 2. The van der Waals surface area contributed by atoms with Crippen LogP contribution in [0.15, 0.2) is 77.4 Å². The van der Waals surface area contributed by atoms with Gasteiger partial charge in [0.15, 0.2) is 11.6 Å². The summed E-state index contributed by atoms with van der Waals surface area (Å²) in [4.78, 5) is 27.4. The molecule has 0 bridgehead atoms. The molecule has 1 aliphatic heterocycles.